The summed E-state index contributed by atoms with van der Waals surface area (Å²) in [6.45, 7) is 4.46. The zero-order valence-electron chi connectivity index (χ0n) is 24.6. The van der Waals surface area contributed by atoms with Crippen molar-refractivity contribution >= 4 is 16.9 Å². The van der Waals surface area contributed by atoms with Crippen molar-refractivity contribution in [3.8, 4) is 28.5 Å². The molecule has 2 heterocycles. The Morgan fingerprint density at radius 1 is 0.977 bits per heavy atom. The molecule has 1 saturated carbocycles. The van der Waals surface area contributed by atoms with Gasteiger partial charge in [0, 0.05) is 18.2 Å². The zero-order valence-corrected chi connectivity index (χ0v) is 24.6. The molecule has 0 bridgehead atoms. The molecule has 0 unspecified atom stereocenters. The number of aromatic amines is 1. The number of hydrogen-bond acceptors (Lipinski definition) is 7. The number of fused-ring (bicyclic) bond motifs is 1. The average molecular weight is 579 g/mol. The molecule has 1 aliphatic rings. The molecule has 222 valence electrons. The van der Waals surface area contributed by atoms with Crippen LogP contribution in [0.4, 0.5) is 0 Å². The predicted molar refractivity (Wildman–Crippen MR) is 167 cm³/mol. The minimum absolute atomic E-state index is 0.0964. The molecule has 1 aliphatic carbocycles. The number of amides is 1. The maximum absolute atomic E-state index is 13.4. The predicted octanol–water partition coefficient (Wildman–Crippen LogP) is 5.37. The summed E-state index contributed by atoms with van der Waals surface area (Å²) in [6.07, 6.45) is 7.39. The lowest BCUT2D eigenvalue weighted by Crippen LogP contribution is -2.34. The van der Waals surface area contributed by atoms with Gasteiger partial charge < -0.3 is 15.4 Å². The molecule has 0 saturated heterocycles. The zero-order chi connectivity index (χ0) is 29.4. The molecule has 10 heteroatoms. The molecule has 1 fully saturated rings. The van der Waals surface area contributed by atoms with E-state index in [9.17, 15) is 4.79 Å². The van der Waals surface area contributed by atoms with Crippen molar-refractivity contribution in [2.45, 2.75) is 58.0 Å². The number of aromatic nitrogens is 6. The van der Waals surface area contributed by atoms with Gasteiger partial charge in [0.05, 0.1) is 29.7 Å². The molecule has 0 aliphatic heterocycles. The molecule has 5 aromatic rings. The first-order valence-electron chi connectivity index (χ1n) is 15.3. The van der Waals surface area contributed by atoms with E-state index >= 15 is 0 Å². The second-order valence-electron chi connectivity index (χ2n) is 11.0. The molecular weight excluding hydrogens is 540 g/mol. The van der Waals surface area contributed by atoms with E-state index in [4.69, 9.17) is 9.72 Å². The van der Waals surface area contributed by atoms with Gasteiger partial charge in [-0.15, -0.1) is 10.2 Å². The van der Waals surface area contributed by atoms with Crippen LogP contribution < -0.4 is 15.4 Å². The standard InChI is InChI=1S/C33H38N8O2/c1-2-43-33-36-29-15-8-14-28(32(42)35-21-9-20-34-25-10-4-3-5-11-25)30(29)41(33)22-23-16-18-24(19-17-23)26-12-6-7-13-27(26)31-37-39-40-38-31/h6-8,12-19,25,34H,2-5,9-11,20-22H2,1H3,(H,35,42)(H,37,38,39,40). The topological polar surface area (TPSA) is 123 Å². The molecule has 10 nitrogen and oxygen atoms in total. The molecule has 0 spiro atoms. The average Bonchev–Trinajstić information content (AvgIpc) is 3.71. The van der Waals surface area contributed by atoms with Crippen LogP contribution in [0.5, 0.6) is 6.01 Å². The van der Waals surface area contributed by atoms with Crippen LogP contribution in [-0.4, -0.2) is 61.8 Å². The Balaban J connectivity index is 1.19. The largest absolute Gasteiger partial charge is 0.465 e. The Hall–Kier alpha value is -4.57. The summed E-state index contributed by atoms with van der Waals surface area (Å²) in [5, 5.41) is 21.3. The number of carbonyl (C=O) groups excluding carboxylic acids is 1. The first kappa shape index (κ1) is 28.5. The number of hydrogen-bond donors (Lipinski definition) is 3. The van der Waals surface area contributed by atoms with Crippen LogP contribution in [0.1, 0.15) is 61.4 Å². The number of nitrogens with one attached hydrogen (secondary N) is 3. The maximum Gasteiger partial charge on any atom is 0.297 e. The number of nitrogens with zero attached hydrogens (tertiary/aromatic N) is 5. The van der Waals surface area contributed by atoms with Crippen LogP contribution in [0.25, 0.3) is 33.5 Å². The highest BCUT2D eigenvalue weighted by Crippen LogP contribution is 2.31. The highest BCUT2D eigenvalue weighted by Gasteiger charge is 2.20. The van der Waals surface area contributed by atoms with E-state index in [-0.39, 0.29) is 5.91 Å². The Labute approximate surface area is 251 Å². The summed E-state index contributed by atoms with van der Waals surface area (Å²) < 4.78 is 7.94. The summed E-state index contributed by atoms with van der Waals surface area (Å²) >= 11 is 0. The number of imidazole rings is 1. The Kier molecular flexibility index (Phi) is 9.03. The van der Waals surface area contributed by atoms with Crippen LogP contribution in [0.2, 0.25) is 0 Å². The van der Waals surface area contributed by atoms with Gasteiger partial charge in [-0.1, -0.05) is 73.9 Å². The summed E-state index contributed by atoms with van der Waals surface area (Å²) in [7, 11) is 0. The summed E-state index contributed by atoms with van der Waals surface area (Å²) in [6, 6.07) is 23.1. The third-order valence-electron chi connectivity index (χ3n) is 8.05. The van der Waals surface area contributed by atoms with E-state index < -0.39 is 0 Å². The van der Waals surface area contributed by atoms with Crippen LogP contribution in [-0.2, 0) is 6.54 Å². The molecule has 2 aromatic heterocycles. The number of carbonyl (C=O) groups is 1. The fraction of sp³-hybridized carbons (Fsp3) is 0.364. The van der Waals surface area contributed by atoms with Gasteiger partial charge in [-0.3, -0.25) is 9.36 Å². The highest BCUT2D eigenvalue weighted by atomic mass is 16.5. The SMILES string of the molecule is CCOc1nc2cccc(C(=O)NCCCNC3CCCCC3)c2n1Cc1ccc(-c2ccccc2-c2nn[nH]n2)cc1. The fourth-order valence-electron chi connectivity index (χ4n) is 5.91. The number of benzene rings is 3. The van der Waals surface area contributed by atoms with Crippen molar-refractivity contribution in [1.82, 2.24) is 40.8 Å². The van der Waals surface area contributed by atoms with Gasteiger partial charge in [0.25, 0.3) is 11.9 Å². The van der Waals surface area contributed by atoms with Crippen LogP contribution >= 0.6 is 0 Å². The molecule has 3 aromatic carbocycles. The lowest BCUT2D eigenvalue weighted by molar-refractivity contribution is 0.0954. The van der Waals surface area contributed by atoms with Crippen molar-refractivity contribution in [1.29, 1.82) is 0 Å². The second-order valence-corrected chi connectivity index (χ2v) is 11.0. The van der Waals surface area contributed by atoms with Crippen LogP contribution in [0.3, 0.4) is 0 Å². The van der Waals surface area contributed by atoms with E-state index in [0.29, 0.717) is 43.1 Å². The summed E-state index contributed by atoms with van der Waals surface area (Å²) in [4.78, 5) is 18.1. The molecule has 3 N–H and O–H groups in total. The van der Waals surface area contributed by atoms with Crippen molar-refractivity contribution in [3.05, 3.63) is 77.9 Å². The third-order valence-corrected chi connectivity index (χ3v) is 8.05. The normalized spacial score (nSPS) is 13.8. The van der Waals surface area contributed by atoms with Crippen molar-refractivity contribution in [2.75, 3.05) is 19.7 Å². The van der Waals surface area contributed by atoms with Crippen molar-refractivity contribution in [2.24, 2.45) is 0 Å². The Bertz CT molecular complexity index is 1640. The van der Waals surface area contributed by atoms with Crippen LogP contribution in [0.15, 0.2) is 66.7 Å². The Morgan fingerprint density at radius 3 is 2.56 bits per heavy atom. The van der Waals surface area contributed by atoms with E-state index in [1.807, 2.05) is 54.0 Å². The minimum Gasteiger partial charge on any atom is -0.465 e. The molecule has 6 rings (SSSR count). The van der Waals surface area contributed by atoms with Crippen LogP contribution in [0, 0.1) is 0 Å². The Morgan fingerprint density at radius 2 is 1.79 bits per heavy atom. The summed E-state index contributed by atoms with van der Waals surface area (Å²) in [5.74, 6) is 0.457. The first-order valence-corrected chi connectivity index (χ1v) is 15.3. The summed E-state index contributed by atoms with van der Waals surface area (Å²) in [5.41, 5.74) is 6.14. The van der Waals surface area contributed by atoms with E-state index in [1.54, 1.807) is 0 Å². The first-order chi connectivity index (χ1) is 21.2. The quantitative estimate of drug-likeness (QED) is 0.170. The smallest absolute Gasteiger partial charge is 0.297 e. The van der Waals surface area contributed by atoms with E-state index in [0.717, 1.165) is 46.3 Å². The number of ether oxygens (including phenoxy) is 1. The van der Waals surface area contributed by atoms with Gasteiger partial charge in [0.1, 0.15) is 0 Å². The minimum atomic E-state index is -0.0964. The third kappa shape index (κ3) is 6.59. The lowest BCUT2D eigenvalue weighted by Gasteiger charge is -2.22. The number of tetrazole rings is 1. The highest BCUT2D eigenvalue weighted by molar-refractivity contribution is 6.05. The van der Waals surface area contributed by atoms with Gasteiger partial charge in [-0.05, 0) is 66.8 Å². The maximum atomic E-state index is 13.4. The molecule has 1 amide bonds. The number of rotatable bonds is 12. The van der Waals surface area contributed by atoms with Gasteiger partial charge in [0.2, 0.25) is 5.82 Å². The molecular formula is C33H38N8O2. The van der Waals surface area contributed by atoms with Gasteiger partial charge in [-0.25, -0.2) is 0 Å². The molecule has 43 heavy (non-hydrogen) atoms. The van der Waals surface area contributed by atoms with Crippen molar-refractivity contribution < 1.29 is 9.53 Å². The lowest BCUT2D eigenvalue weighted by atomic mass is 9.95. The fourth-order valence-corrected chi connectivity index (χ4v) is 5.91. The van der Waals surface area contributed by atoms with Gasteiger partial charge in [-0.2, -0.15) is 10.2 Å². The van der Waals surface area contributed by atoms with Gasteiger partial charge in [0.15, 0.2) is 0 Å². The van der Waals surface area contributed by atoms with E-state index in [1.165, 1.54) is 32.1 Å². The van der Waals surface area contributed by atoms with Gasteiger partial charge >= 0.3 is 0 Å². The van der Waals surface area contributed by atoms with Crippen molar-refractivity contribution in [3.63, 3.8) is 0 Å². The molecule has 0 atom stereocenters. The number of H-pyrrole nitrogens is 1. The molecule has 0 radical (unpaired) electrons. The number of para-hydroxylation sites is 1. The van der Waals surface area contributed by atoms with E-state index in [2.05, 4.69) is 55.5 Å². The monoisotopic (exact) mass is 578 g/mol. The second kappa shape index (κ2) is 13.6.